The number of aromatic nitrogens is 3. The summed E-state index contributed by atoms with van der Waals surface area (Å²) in [7, 11) is 0. The van der Waals surface area contributed by atoms with E-state index in [-0.39, 0.29) is 11.4 Å². The van der Waals surface area contributed by atoms with Crippen LogP contribution in [0, 0.1) is 6.92 Å². The highest BCUT2D eigenvalue weighted by molar-refractivity contribution is 5.95. The number of hydrogen-bond donors (Lipinski definition) is 1. The van der Waals surface area contributed by atoms with E-state index in [9.17, 15) is 4.79 Å². The summed E-state index contributed by atoms with van der Waals surface area (Å²) >= 11 is 0. The average molecular weight is 359 g/mol. The molecule has 0 unspecified atom stereocenters. The number of pyridine rings is 2. The van der Waals surface area contributed by atoms with Crippen LogP contribution in [0.3, 0.4) is 0 Å². The van der Waals surface area contributed by atoms with Crippen LogP contribution < -0.4 is 5.32 Å². The molecule has 0 aromatic carbocycles. The number of amides is 1. The summed E-state index contributed by atoms with van der Waals surface area (Å²) in [6.07, 6.45) is 7.33. The number of carbonyl (C=O) groups is 1. The van der Waals surface area contributed by atoms with Crippen LogP contribution in [0.25, 0.3) is 5.82 Å². The molecule has 5 rings (SSSR count). The Hall–Kier alpha value is -3.15. The zero-order chi connectivity index (χ0) is 18.4. The Morgan fingerprint density at radius 2 is 1.85 bits per heavy atom. The maximum atomic E-state index is 12.9. The largest absolute Gasteiger partial charge is 0.371 e. The molecule has 3 aromatic rings. The van der Waals surface area contributed by atoms with Gasteiger partial charge in [-0.2, -0.15) is 0 Å². The lowest BCUT2D eigenvalue weighted by atomic mass is 9.82. The van der Waals surface area contributed by atoms with Crippen LogP contribution in [0.4, 0.5) is 5.69 Å². The van der Waals surface area contributed by atoms with Crippen LogP contribution in [0.2, 0.25) is 0 Å². The SMILES string of the molecule is Cc1ncccc1C(=O)N1CCC2(CC1)Nc1cccnc1-n1cccc12. The topological polar surface area (TPSA) is 63.1 Å². The van der Waals surface area contributed by atoms with Gasteiger partial charge in [-0.25, -0.2) is 4.98 Å². The quantitative estimate of drug-likeness (QED) is 0.725. The van der Waals surface area contributed by atoms with Gasteiger partial charge in [-0.05, 0) is 56.2 Å². The molecule has 0 aliphatic carbocycles. The fourth-order valence-electron chi connectivity index (χ4n) is 4.32. The highest BCUT2D eigenvalue weighted by atomic mass is 16.2. The Kier molecular flexibility index (Phi) is 3.53. The molecular weight excluding hydrogens is 338 g/mol. The van der Waals surface area contributed by atoms with Crippen molar-refractivity contribution in [2.45, 2.75) is 25.3 Å². The number of likely N-dealkylation sites (tertiary alicyclic amines) is 1. The van der Waals surface area contributed by atoms with Crippen molar-refractivity contribution in [2.75, 3.05) is 18.4 Å². The highest BCUT2D eigenvalue weighted by Gasteiger charge is 2.42. The van der Waals surface area contributed by atoms with Gasteiger partial charge in [-0.15, -0.1) is 0 Å². The van der Waals surface area contributed by atoms with Crippen molar-refractivity contribution in [1.29, 1.82) is 0 Å². The number of piperidine rings is 1. The fourth-order valence-corrected chi connectivity index (χ4v) is 4.32. The second-order valence-electron chi connectivity index (χ2n) is 7.27. The Morgan fingerprint density at radius 3 is 2.67 bits per heavy atom. The van der Waals surface area contributed by atoms with E-state index in [1.807, 2.05) is 36.2 Å². The summed E-state index contributed by atoms with van der Waals surface area (Å²) in [5, 5.41) is 3.73. The molecule has 0 saturated carbocycles. The monoisotopic (exact) mass is 359 g/mol. The number of anilines is 1. The summed E-state index contributed by atoms with van der Waals surface area (Å²) in [6.45, 7) is 3.31. The molecule has 1 N–H and O–H groups in total. The lowest BCUT2D eigenvalue weighted by Crippen LogP contribution is -2.51. The molecule has 6 nitrogen and oxygen atoms in total. The van der Waals surface area contributed by atoms with Gasteiger partial charge >= 0.3 is 0 Å². The van der Waals surface area contributed by atoms with Crippen LogP contribution in [-0.2, 0) is 5.54 Å². The summed E-state index contributed by atoms with van der Waals surface area (Å²) in [5.41, 5.74) is 3.58. The fraction of sp³-hybridized carbons (Fsp3) is 0.286. The standard InChI is InChI=1S/C21H21N5O/c1-15-16(5-2-10-22-15)20(27)25-13-8-21(9-14-25)18-7-4-12-26(18)19-17(24-21)6-3-11-23-19/h2-7,10-12,24H,8-9,13-14H2,1H3. The third-order valence-corrected chi connectivity index (χ3v) is 5.77. The number of aryl methyl sites for hydroxylation is 1. The van der Waals surface area contributed by atoms with Gasteiger partial charge in [0.2, 0.25) is 0 Å². The maximum Gasteiger partial charge on any atom is 0.255 e. The van der Waals surface area contributed by atoms with Crippen molar-refractivity contribution >= 4 is 11.6 Å². The molecule has 3 aromatic heterocycles. The van der Waals surface area contributed by atoms with Crippen molar-refractivity contribution in [3.63, 3.8) is 0 Å². The third-order valence-electron chi connectivity index (χ3n) is 5.77. The van der Waals surface area contributed by atoms with E-state index in [0.717, 1.165) is 30.0 Å². The molecule has 5 heterocycles. The molecule has 1 saturated heterocycles. The van der Waals surface area contributed by atoms with E-state index in [2.05, 4.69) is 44.2 Å². The molecule has 1 fully saturated rings. The summed E-state index contributed by atoms with van der Waals surface area (Å²) in [5.74, 6) is 1.01. The predicted molar refractivity (Wildman–Crippen MR) is 103 cm³/mol. The van der Waals surface area contributed by atoms with Crippen molar-refractivity contribution in [3.8, 4) is 5.82 Å². The zero-order valence-corrected chi connectivity index (χ0v) is 15.2. The van der Waals surface area contributed by atoms with Crippen LogP contribution in [0.15, 0.2) is 55.0 Å². The van der Waals surface area contributed by atoms with Crippen LogP contribution in [0.1, 0.15) is 34.6 Å². The minimum absolute atomic E-state index is 0.0729. The van der Waals surface area contributed by atoms with Gasteiger partial charge in [0.05, 0.1) is 16.8 Å². The van der Waals surface area contributed by atoms with Crippen LogP contribution in [-0.4, -0.2) is 38.4 Å². The number of hydrogen-bond acceptors (Lipinski definition) is 4. The van der Waals surface area contributed by atoms with Gasteiger partial charge in [0, 0.05) is 43.1 Å². The van der Waals surface area contributed by atoms with Gasteiger partial charge < -0.3 is 14.8 Å². The highest BCUT2D eigenvalue weighted by Crippen LogP contribution is 2.42. The molecule has 0 atom stereocenters. The van der Waals surface area contributed by atoms with Crippen molar-refractivity contribution in [2.24, 2.45) is 0 Å². The molecule has 2 aliphatic rings. The molecule has 2 aliphatic heterocycles. The Labute approximate surface area is 157 Å². The van der Waals surface area contributed by atoms with Crippen molar-refractivity contribution < 1.29 is 4.79 Å². The first-order chi connectivity index (χ1) is 13.2. The van der Waals surface area contributed by atoms with Gasteiger partial charge in [-0.1, -0.05) is 0 Å². The summed E-state index contributed by atoms with van der Waals surface area (Å²) < 4.78 is 2.18. The Balaban J connectivity index is 1.42. The minimum Gasteiger partial charge on any atom is -0.371 e. The first-order valence-corrected chi connectivity index (χ1v) is 9.30. The molecule has 1 spiro atoms. The second kappa shape index (κ2) is 5.94. The molecule has 0 bridgehead atoms. The molecule has 6 heteroatoms. The number of rotatable bonds is 1. The van der Waals surface area contributed by atoms with Crippen LogP contribution in [0.5, 0.6) is 0 Å². The number of nitrogens with one attached hydrogen (secondary N) is 1. The number of nitrogens with zero attached hydrogens (tertiary/aromatic N) is 4. The number of fused-ring (bicyclic) bond motifs is 4. The normalized spacial score (nSPS) is 17.1. The van der Waals surface area contributed by atoms with E-state index in [1.165, 1.54) is 5.69 Å². The average Bonchev–Trinajstić information content (AvgIpc) is 3.20. The van der Waals surface area contributed by atoms with E-state index in [1.54, 1.807) is 6.20 Å². The molecule has 0 radical (unpaired) electrons. The van der Waals surface area contributed by atoms with Crippen molar-refractivity contribution in [1.82, 2.24) is 19.4 Å². The molecular formula is C21H21N5O. The van der Waals surface area contributed by atoms with Crippen molar-refractivity contribution in [3.05, 3.63) is 71.9 Å². The van der Waals surface area contributed by atoms with E-state index in [0.29, 0.717) is 18.7 Å². The maximum absolute atomic E-state index is 12.9. The summed E-state index contributed by atoms with van der Waals surface area (Å²) in [4.78, 5) is 23.7. The van der Waals surface area contributed by atoms with E-state index < -0.39 is 0 Å². The minimum atomic E-state index is -0.166. The smallest absolute Gasteiger partial charge is 0.255 e. The predicted octanol–water partition coefficient (Wildman–Crippen LogP) is 3.13. The first kappa shape index (κ1) is 16.1. The number of carbonyl (C=O) groups excluding carboxylic acids is 1. The first-order valence-electron chi connectivity index (χ1n) is 9.30. The zero-order valence-electron chi connectivity index (χ0n) is 15.2. The molecule has 1 amide bonds. The van der Waals surface area contributed by atoms with E-state index in [4.69, 9.17) is 0 Å². The molecule has 27 heavy (non-hydrogen) atoms. The Morgan fingerprint density at radius 1 is 1.07 bits per heavy atom. The lowest BCUT2D eigenvalue weighted by molar-refractivity contribution is 0.0675. The van der Waals surface area contributed by atoms with Crippen LogP contribution >= 0.6 is 0 Å². The molecule has 136 valence electrons. The second-order valence-corrected chi connectivity index (χ2v) is 7.27. The lowest BCUT2D eigenvalue weighted by Gasteiger charge is -2.46. The van der Waals surface area contributed by atoms with Gasteiger partial charge in [0.1, 0.15) is 0 Å². The third kappa shape index (κ3) is 2.44. The van der Waals surface area contributed by atoms with Gasteiger partial charge in [0.15, 0.2) is 5.82 Å². The van der Waals surface area contributed by atoms with Gasteiger partial charge in [0.25, 0.3) is 5.91 Å². The van der Waals surface area contributed by atoms with Gasteiger partial charge in [-0.3, -0.25) is 9.78 Å². The summed E-state index contributed by atoms with van der Waals surface area (Å²) in [6, 6.07) is 11.9. The Bertz CT molecular complexity index is 1020. The van der Waals surface area contributed by atoms with E-state index >= 15 is 0 Å².